The van der Waals surface area contributed by atoms with Gasteiger partial charge in [-0.05, 0) is 43.8 Å². The molecule has 27 heavy (non-hydrogen) atoms. The first-order chi connectivity index (χ1) is 13.0. The maximum absolute atomic E-state index is 13.9. The molecule has 1 aromatic heterocycles. The molecule has 1 N–H and O–H groups in total. The smallest absolute Gasteiger partial charge is 0.251 e. The molecule has 1 aliphatic rings. The highest BCUT2D eigenvalue weighted by Crippen LogP contribution is 2.28. The monoisotopic (exact) mass is 390 g/mol. The second-order valence-electron chi connectivity index (χ2n) is 6.69. The lowest BCUT2D eigenvalue weighted by Crippen LogP contribution is -2.46. The number of likely N-dealkylation sites (N-methyl/N-ethyl adjacent to an activating group) is 1. The maximum Gasteiger partial charge on any atom is 0.251 e. The SMILES string of the molecule is CCN1CCN(c2ccc(F)cc2[C@@H](C)NC(=O)c2ccnc(Cl)c2)CC1. The van der Waals surface area contributed by atoms with E-state index in [0.29, 0.717) is 5.56 Å². The number of nitrogens with one attached hydrogen (secondary N) is 1. The summed E-state index contributed by atoms with van der Waals surface area (Å²) in [6, 6.07) is 7.55. The normalized spacial score (nSPS) is 16.2. The van der Waals surface area contributed by atoms with Gasteiger partial charge in [0.25, 0.3) is 5.91 Å². The maximum atomic E-state index is 13.9. The third-order valence-corrected chi connectivity index (χ3v) is 5.16. The van der Waals surface area contributed by atoms with E-state index < -0.39 is 0 Å². The van der Waals surface area contributed by atoms with Gasteiger partial charge in [-0.3, -0.25) is 4.79 Å². The topological polar surface area (TPSA) is 48.5 Å². The van der Waals surface area contributed by atoms with E-state index in [0.717, 1.165) is 44.0 Å². The fraction of sp³-hybridized carbons (Fsp3) is 0.400. The fourth-order valence-corrected chi connectivity index (χ4v) is 3.54. The van der Waals surface area contributed by atoms with E-state index >= 15 is 0 Å². The summed E-state index contributed by atoms with van der Waals surface area (Å²) >= 11 is 5.86. The minimum atomic E-state index is -0.348. The third kappa shape index (κ3) is 4.76. The molecule has 0 saturated carbocycles. The molecule has 3 rings (SSSR count). The van der Waals surface area contributed by atoms with Gasteiger partial charge in [-0.25, -0.2) is 9.37 Å². The number of hydrogen-bond donors (Lipinski definition) is 1. The van der Waals surface area contributed by atoms with Crippen LogP contribution in [-0.4, -0.2) is 48.5 Å². The zero-order valence-electron chi connectivity index (χ0n) is 15.6. The second kappa shape index (κ2) is 8.67. The summed E-state index contributed by atoms with van der Waals surface area (Å²) in [6.07, 6.45) is 1.49. The van der Waals surface area contributed by atoms with E-state index in [2.05, 4.69) is 27.0 Å². The summed E-state index contributed by atoms with van der Waals surface area (Å²) in [6.45, 7) is 8.77. The average molecular weight is 391 g/mol. The molecule has 144 valence electrons. The third-order valence-electron chi connectivity index (χ3n) is 4.95. The predicted molar refractivity (Wildman–Crippen MR) is 106 cm³/mol. The molecule has 0 spiro atoms. The Morgan fingerprint density at radius 2 is 2.00 bits per heavy atom. The van der Waals surface area contributed by atoms with Gasteiger partial charge in [0.1, 0.15) is 11.0 Å². The van der Waals surface area contributed by atoms with E-state index in [1.807, 2.05) is 6.92 Å². The van der Waals surface area contributed by atoms with E-state index in [-0.39, 0.29) is 22.9 Å². The first-order valence-electron chi connectivity index (χ1n) is 9.17. The zero-order chi connectivity index (χ0) is 19.4. The van der Waals surface area contributed by atoms with Gasteiger partial charge in [0, 0.05) is 49.2 Å². The summed E-state index contributed by atoms with van der Waals surface area (Å²) in [5.41, 5.74) is 2.16. The van der Waals surface area contributed by atoms with Gasteiger partial charge in [-0.15, -0.1) is 0 Å². The number of anilines is 1. The van der Waals surface area contributed by atoms with Crippen LogP contribution in [0.1, 0.15) is 35.8 Å². The number of piperazine rings is 1. The molecule has 0 unspecified atom stereocenters. The van der Waals surface area contributed by atoms with E-state index in [9.17, 15) is 9.18 Å². The predicted octanol–water partition coefficient (Wildman–Crippen LogP) is 3.51. The molecule has 5 nitrogen and oxygen atoms in total. The lowest BCUT2D eigenvalue weighted by molar-refractivity contribution is 0.0939. The molecule has 1 fully saturated rings. The molecular weight excluding hydrogens is 367 g/mol. The van der Waals surface area contributed by atoms with Crippen LogP contribution < -0.4 is 10.2 Å². The molecule has 1 saturated heterocycles. The average Bonchev–Trinajstić information content (AvgIpc) is 2.68. The highest BCUT2D eigenvalue weighted by Gasteiger charge is 2.22. The van der Waals surface area contributed by atoms with Crippen LogP contribution in [0.2, 0.25) is 5.15 Å². The van der Waals surface area contributed by atoms with Gasteiger partial charge in [0.05, 0.1) is 6.04 Å². The van der Waals surface area contributed by atoms with Gasteiger partial charge in [0.15, 0.2) is 0 Å². The van der Waals surface area contributed by atoms with Crippen molar-refractivity contribution in [3.8, 4) is 0 Å². The van der Waals surface area contributed by atoms with Crippen LogP contribution in [0.15, 0.2) is 36.5 Å². The van der Waals surface area contributed by atoms with Gasteiger partial charge in [0.2, 0.25) is 0 Å². The number of amides is 1. The Morgan fingerprint density at radius 1 is 1.26 bits per heavy atom. The minimum Gasteiger partial charge on any atom is -0.369 e. The molecule has 2 aromatic rings. The van der Waals surface area contributed by atoms with Gasteiger partial charge in [-0.1, -0.05) is 18.5 Å². The van der Waals surface area contributed by atoms with Crippen LogP contribution in [-0.2, 0) is 0 Å². The van der Waals surface area contributed by atoms with Crippen molar-refractivity contribution in [2.24, 2.45) is 0 Å². The number of pyridine rings is 1. The number of aromatic nitrogens is 1. The number of nitrogens with zero attached hydrogens (tertiary/aromatic N) is 3. The van der Waals surface area contributed by atoms with E-state index in [4.69, 9.17) is 11.6 Å². The number of rotatable bonds is 5. The van der Waals surface area contributed by atoms with Gasteiger partial charge < -0.3 is 15.1 Å². The second-order valence-corrected chi connectivity index (χ2v) is 7.07. The lowest BCUT2D eigenvalue weighted by atomic mass is 10.0. The number of halogens is 2. The van der Waals surface area contributed by atoms with Crippen molar-refractivity contribution in [1.29, 1.82) is 0 Å². The van der Waals surface area contributed by atoms with Crippen molar-refractivity contribution in [2.75, 3.05) is 37.6 Å². The Labute approximate surface area is 164 Å². The van der Waals surface area contributed by atoms with Crippen molar-refractivity contribution in [3.05, 3.63) is 58.6 Å². The van der Waals surface area contributed by atoms with Crippen LogP contribution in [0.4, 0.5) is 10.1 Å². The molecule has 0 aliphatic carbocycles. The number of benzene rings is 1. The fourth-order valence-electron chi connectivity index (χ4n) is 3.37. The number of carbonyl (C=O) groups is 1. The molecule has 1 atom stereocenters. The lowest BCUT2D eigenvalue weighted by Gasteiger charge is -2.37. The summed E-state index contributed by atoms with van der Waals surface area (Å²) in [5, 5.41) is 3.20. The molecule has 1 aromatic carbocycles. The first-order valence-corrected chi connectivity index (χ1v) is 9.55. The summed E-state index contributed by atoms with van der Waals surface area (Å²) in [7, 11) is 0. The van der Waals surface area contributed by atoms with E-state index in [1.54, 1.807) is 12.1 Å². The number of carbonyl (C=O) groups excluding carboxylic acids is 1. The summed E-state index contributed by atoms with van der Waals surface area (Å²) in [5.74, 6) is -0.577. The van der Waals surface area contributed by atoms with Gasteiger partial charge >= 0.3 is 0 Å². The number of hydrogen-bond acceptors (Lipinski definition) is 4. The molecule has 1 aliphatic heterocycles. The Hall–Kier alpha value is -2.18. The molecule has 7 heteroatoms. The highest BCUT2D eigenvalue weighted by molar-refractivity contribution is 6.29. The standard InChI is InChI=1S/C20H24ClFN4O/c1-3-25-8-10-26(11-9-25)18-5-4-16(22)13-17(18)14(2)24-20(27)15-6-7-23-19(21)12-15/h4-7,12-14H,3,8-11H2,1-2H3,(H,24,27)/t14-/m1/s1. The van der Waals surface area contributed by atoms with E-state index in [1.165, 1.54) is 24.4 Å². The zero-order valence-corrected chi connectivity index (χ0v) is 16.3. The molecular formula is C20H24ClFN4O. The van der Waals surface area contributed by atoms with Crippen molar-refractivity contribution in [3.63, 3.8) is 0 Å². The van der Waals surface area contributed by atoms with Crippen molar-refractivity contribution in [2.45, 2.75) is 19.9 Å². The quantitative estimate of drug-likeness (QED) is 0.794. The first kappa shape index (κ1) is 19.6. The molecule has 0 bridgehead atoms. The Bertz CT molecular complexity index is 808. The van der Waals surface area contributed by atoms with Crippen molar-refractivity contribution >= 4 is 23.2 Å². The van der Waals surface area contributed by atoms with Crippen LogP contribution in [0.25, 0.3) is 0 Å². The summed E-state index contributed by atoms with van der Waals surface area (Å²) < 4.78 is 13.9. The highest BCUT2D eigenvalue weighted by atomic mass is 35.5. The Kier molecular flexibility index (Phi) is 6.29. The molecule has 2 heterocycles. The minimum absolute atomic E-state index is 0.260. The summed E-state index contributed by atoms with van der Waals surface area (Å²) in [4.78, 5) is 21.1. The van der Waals surface area contributed by atoms with Crippen LogP contribution in [0.5, 0.6) is 0 Å². The van der Waals surface area contributed by atoms with Crippen molar-refractivity contribution < 1.29 is 9.18 Å². The van der Waals surface area contributed by atoms with Crippen LogP contribution in [0.3, 0.4) is 0 Å². The van der Waals surface area contributed by atoms with Gasteiger partial charge in [-0.2, -0.15) is 0 Å². The largest absolute Gasteiger partial charge is 0.369 e. The van der Waals surface area contributed by atoms with Crippen LogP contribution >= 0.6 is 11.6 Å². The van der Waals surface area contributed by atoms with Crippen LogP contribution in [0, 0.1) is 5.82 Å². The molecule has 0 radical (unpaired) electrons. The Morgan fingerprint density at radius 3 is 2.67 bits per heavy atom. The van der Waals surface area contributed by atoms with Crippen molar-refractivity contribution in [1.82, 2.24) is 15.2 Å². The Balaban J connectivity index is 1.78. The molecule has 1 amide bonds.